The summed E-state index contributed by atoms with van der Waals surface area (Å²) in [4.78, 5) is 36.0. The molecule has 1 rings (SSSR count). The van der Waals surface area contributed by atoms with Gasteiger partial charge in [-0.25, -0.2) is 4.79 Å². The molecule has 0 bridgehead atoms. The number of nitrogens with one attached hydrogen (secondary N) is 1. The van der Waals surface area contributed by atoms with Crippen LogP contribution in [0, 0.1) is 5.92 Å². The molecule has 7 nitrogen and oxygen atoms in total. The summed E-state index contributed by atoms with van der Waals surface area (Å²) in [7, 11) is 0. The predicted molar refractivity (Wildman–Crippen MR) is 75.8 cm³/mol. The smallest absolute Gasteiger partial charge is 0.325 e. The molecule has 0 heterocycles. The van der Waals surface area contributed by atoms with Gasteiger partial charge in [0.25, 0.3) is 0 Å². The first-order valence-corrected chi connectivity index (χ1v) is 7.41. The van der Waals surface area contributed by atoms with Crippen molar-refractivity contribution in [2.45, 2.75) is 45.6 Å². The van der Waals surface area contributed by atoms with E-state index in [-0.39, 0.29) is 31.1 Å². The molecule has 7 heteroatoms. The summed E-state index contributed by atoms with van der Waals surface area (Å²) in [5, 5.41) is 11.8. The second kappa shape index (κ2) is 8.49. The van der Waals surface area contributed by atoms with Crippen LogP contribution in [0.4, 0.5) is 4.79 Å². The van der Waals surface area contributed by atoms with Crippen LogP contribution in [0.1, 0.15) is 39.5 Å². The lowest BCUT2D eigenvalue weighted by molar-refractivity contribution is -0.144. The number of carbonyl (C=O) groups is 3. The number of amides is 2. The Morgan fingerprint density at radius 2 is 2.00 bits per heavy atom. The number of esters is 1. The van der Waals surface area contributed by atoms with Crippen LogP contribution in [0.3, 0.4) is 0 Å². The third kappa shape index (κ3) is 5.61. The number of hydrogen-bond donors (Lipinski definition) is 2. The van der Waals surface area contributed by atoms with E-state index in [1.54, 1.807) is 6.92 Å². The highest BCUT2D eigenvalue weighted by Crippen LogP contribution is 2.25. The first-order valence-electron chi connectivity index (χ1n) is 7.41. The summed E-state index contributed by atoms with van der Waals surface area (Å²) in [5.74, 6) is -1.64. The van der Waals surface area contributed by atoms with Crippen LogP contribution < -0.4 is 5.32 Å². The Hall–Kier alpha value is -1.79. The molecule has 0 aromatic heterocycles. The average Bonchev–Trinajstić information content (AvgIpc) is 2.87. The molecular weight excluding hydrogens is 276 g/mol. The number of carboxylic acid groups (broad SMARTS) is 1. The maximum atomic E-state index is 12.2. The second-order valence-electron chi connectivity index (χ2n) is 5.22. The van der Waals surface area contributed by atoms with Crippen LogP contribution in [0.5, 0.6) is 0 Å². The summed E-state index contributed by atoms with van der Waals surface area (Å²) in [5.41, 5.74) is 0. The Kier molecular flexibility index (Phi) is 6.98. The first kappa shape index (κ1) is 17.3. The van der Waals surface area contributed by atoms with E-state index in [0.29, 0.717) is 25.8 Å². The highest BCUT2D eigenvalue weighted by molar-refractivity contribution is 5.81. The number of rotatable bonds is 7. The van der Waals surface area contributed by atoms with Crippen molar-refractivity contribution in [3.05, 3.63) is 0 Å². The van der Waals surface area contributed by atoms with Gasteiger partial charge in [-0.2, -0.15) is 0 Å². The summed E-state index contributed by atoms with van der Waals surface area (Å²) in [6.07, 6.45) is 2.41. The first-order chi connectivity index (χ1) is 9.97. The zero-order valence-electron chi connectivity index (χ0n) is 12.6. The van der Waals surface area contributed by atoms with Crippen LogP contribution >= 0.6 is 0 Å². The quantitative estimate of drug-likeness (QED) is 0.689. The Bertz CT molecular complexity index is 386. The number of carbonyl (C=O) groups excluding carboxylic acids is 2. The van der Waals surface area contributed by atoms with Crippen LogP contribution in [0.2, 0.25) is 0 Å². The largest absolute Gasteiger partial charge is 0.481 e. The zero-order valence-corrected chi connectivity index (χ0v) is 12.6. The molecule has 0 aromatic rings. The van der Waals surface area contributed by atoms with E-state index in [1.807, 2.05) is 6.92 Å². The van der Waals surface area contributed by atoms with Gasteiger partial charge in [0.2, 0.25) is 0 Å². The number of nitrogens with zero attached hydrogens (tertiary/aromatic N) is 1. The maximum Gasteiger partial charge on any atom is 0.325 e. The minimum atomic E-state index is -0.816. The molecule has 21 heavy (non-hydrogen) atoms. The third-order valence-electron chi connectivity index (χ3n) is 3.52. The molecule has 0 aromatic carbocycles. The van der Waals surface area contributed by atoms with E-state index in [9.17, 15) is 14.4 Å². The number of hydrogen-bond acceptors (Lipinski definition) is 4. The number of aliphatic carboxylic acids is 1. The molecule has 0 aliphatic heterocycles. The number of carboxylic acids is 1. The topological polar surface area (TPSA) is 95.9 Å². The van der Waals surface area contributed by atoms with E-state index in [0.717, 1.165) is 6.42 Å². The molecule has 0 spiro atoms. The minimum absolute atomic E-state index is 0.0808. The van der Waals surface area contributed by atoms with Crippen LogP contribution in [0.25, 0.3) is 0 Å². The van der Waals surface area contributed by atoms with E-state index in [2.05, 4.69) is 5.32 Å². The minimum Gasteiger partial charge on any atom is -0.481 e. The molecule has 2 N–H and O–H groups in total. The zero-order chi connectivity index (χ0) is 15.8. The van der Waals surface area contributed by atoms with Gasteiger partial charge in [0.15, 0.2) is 0 Å². The molecule has 0 unspecified atom stereocenters. The van der Waals surface area contributed by atoms with E-state index >= 15 is 0 Å². The van der Waals surface area contributed by atoms with Gasteiger partial charge in [0, 0.05) is 12.6 Å². The fraction of sp³-hybridized carbons (Fsp3) is 0.786. The second-order valence-corrected chi connectivity index (χ2v) is 5.22. The van der Waals surface area contributed by atoms with Crippen LogP contribution in [0.15, 0.2) is 0 Å². The normalized spacial score (nSPS) is 20.9. The van der Waals surface area contributed by atoms with Gasteiger partial charge in [-0.05, 0) is 32.6 Å². The van der Waals surface area contributed by atoms with Crippen molar-refractivity contribution in [1.29, 1.82) is 0 Å². The molecule has 0 saturated heterocycles. The Morgan fingerprint density at radius 3 is 2.52 bits per heavy atom. The molecule has 0 radical (unpaired) electrons. The van der Waals surface area contributed by atoms with Gasteiger partial charge in [-0.15, -0.1) is 0 Å². The van der Waals surface area contributed by atoms with Crippen molar-refractivity contribution >= 4 is 18.0 Å². The highest BCUT2D eigenvalue weighted by Gasteiger charge is 2.31. The van der Waals surface area contributed by atoms with Crippen molar-refractivity contribution < 1.29 is 24.2 Å². The molecule has 2 amide bonds. The molecule has 1 saturated carbocycles. The van der Waals surface area contributed by atoms with Crippen molar-refractivity contribution in [2.24, 2.45) is 5.92 Å². The Morgan fingerprint density at radius 1 is 1.29 bits per heavy atom. The van der Waals surface area contributed by atoms with Gasteiger partial charge < -0.3 is 20.1 Å². The van der Waals surface area contributed by atoms with Crippen molar-refractivity contribution in [3.63, 3.8) is 0 Å². The summed E-state index contributed by atoms with van der Waals surface area (Å²) >= 11 is 0. The van der Waals surface area contributed by atoms with E-state index in [4.69, 9.17) is 9.84 Å². The summed E-state index contributed by atoms with van der Waals surface area (Å²) in [6, 6.07) is -0.471. The van der Waals surface area contributed by atoms with Crippen molar-refractivity contribution in [3.8, 4) is 0 Å². The SMILES string of the molecule is CCCN(CC(=O)OCC)C(=O)N[C@H]1CC[C@@H](C(=O)O)C1. The lowest BCUT2D eigenvalue weighted by atomic mass is 10.1. The van der Waals surface area contributed by atoms with Gasteiger partial charge in [-0.3, -0.25) is 9.59 Å². The fourth-order valence-corrected chi connectivity index (χ4v) is 2.49. The fourth-order valence-electron chi connectivity index (χ4n) is 2.49. The monoisotopic (exact) mass is 300 g/mol. The third-order valence-corrected chi connectivity index (χ3v) is 3.52. The van der Waals surface area contributed by atoms with Crippen LogP contribution in [-0.4, -0.2) is 53.7 Å². The number of urea groups is 1. The van der Waals surface area contributed by atoms with Crippen LogP contribution in [-0.2, 0) is 14.3 Å². The van der Waals surface area contributed by atoms with Gasteiger partial charge in [0.1, 0.15) is 6.54 Å². The van der Waals surface area contributed by atoms with Gasteiger partial charge in [-0.1, -0.05) is 6.92 Å². The lowest BCUT2D eigenvalue weighted by Crippen LogP contribution is -2.46. The highest BCUT2D eigenvalue weighted by atomic mass is 16.5. The Balaban J connectivity index is 2.49. The Labute approximate surface area is 124 Å². The van der Waals surface area contributed by atoms with Crippen molar-refractivity contribution in [1.82, 2.24) is 10.2 Å². The summed E-state index contributed by atoms with van der Waals surface area (Å²) in [6.45, 7) is 4.29. The average molecular weight is 300 g/mol. The molecule has 2 atom stereocenters. The standard InChI is InChI=1S/C14H24N2O5/c1-3-7-16(9-12(17)21-4-2)14(20)15-11-6-5-10(8-11)13(18)19/h10-11H,3-9H2,1-2H3,(H,15,20)(H,18,19)/t10-,11+/m1/s1. The molecule has 120 valence electrons. The number of ether oxygens (including phenoxy) is 1. The lowest BCUT2D eigenvalue weighted by Gasteiger charge is -2.23. The van der Waals surface area contributed by atoms with E-state index in [1.165, 1.54) is 4.90 Å². The van der Waals surface area contributed by atoms with Crippen molar-refractivity contribution in [2.75, 3.05) is 19.7 Å². The van der Waals surface area contributed by atoms with E-state index < -0.39 is 11.9 Å². The predicted octanol–water partition coefficient (Wildman–Crippen LogP) is 1.22. The molecule has 1 aliphatic rings. The molecular formula is C14H24N2O5. The molecule has 1 aliphatic carbocycles. The molecule has 1 fully saturated rings. The maximum absolute atomic E-state index is 12.2. The van der Waals surface area contributed by atoms with Gasteiger partial charge >= 0.3 is 18.0 Å². The summed E-state index contributed by atoms with van der Waals surface area (Å²) < 4.78 is 4.85. The van der Waals surface area contributed by atoms with Gasteiger partial charge in [0.05, 0.1) is 12.5 Å².